The van der Waals surface area contributed by atoms with Crippen LogP contribution in [0.15, 0.2) is 29.1 Å². The van der Waals surface area contributed by atoms with Crippen molar-refractivity contribution in [2.45, 2.75) is 19.3 Å². The minimum absolute atomic E-state index is 0.0411. The summed E-state index contributed by atoms with van der Waals surface area (Å²) in [5.74, 6) is -0.628. The van der Waals surface area contributed by atoms with Crippen LogP contribution in [0.25, 0.3) is 10.8 Å². The molecule has 23 heavy (non-hydrogen) atoms. The zero-order valence-electron chi connectivity index (χ0n) is 12.8. The van der Waals surface area contributed by atoms with Gasteiger partial charge < -0.3 is 10.2 Å². The van der Waals surface area contributed by atoms with Crippen molar-refractivity contribution in [3.05, 3.63) is 40.3 Å². The number of hydrogen-bond acceptors (Lipinski definition) is 4. The molecule has 1 saturated heterocycles. The molecule has 0 bridgehead atoms. The molecular formula is C16H18N4O3. The summed E-state index contributed by atoms with van der Waals surface area (Å²) in [4.78, 5) is 37.7. The molecule has 2 N–H and O–H groups in total. The maximum atomic E-state index is 12.7. The number of aromatic nitrogens is 2. The standard InChI is InChI=1S/C16H18N4O3/c1-10(16(23)20-8-6-13(21)17-7-9-20)14-11-4-2-3-5-12(11)15(22)19-18-14/h2-5,10H,6-9H2,1H3,(H,17,21)(H,19,22). The molecule has 2 aromatic rings. The summed E-state index contributed by atoms with van der Waals surface area (Å²) in [6.45, 7) is 3.11. The van der Waals surface area contributed by atoms with Crippen LogP contribution in [0.3, 0.4) is 0 Å². The van der Waals surface area contributed by atoms with Crippen molar-refractivity contribution >= 4 is 22.6 Å². The highest BCUT2D eigenvalue weighted by Crippen LogP contribution is 2.22. The van der Waals surface area contributed by atoms with Gasteiger partial charge in [0.05, 0.1) is 17.0 Å². The SMILES string of the molecule is CC(C(=O)N1CCNC(=O)CC1)c1n[nH]c(=O)c2ccccc12. The average molecular weight is 314 g/mol. The maximum Gasteiger partial charge on any atom is 0.272 e. The molecule has 2 heterocycles. The lowest BCUT2D eigenvalue weighted by atomic mass is 10.00. The van der Waals surface area contributed by atoms with Gasteiger partial charge in [-0.1, -0.05) is 18.2 Å². The van der Waals surface area contributed by atoms with Crippen LogP contribution >= 0.6 is 0 Å². The van der Waals surface area contributed by atoms with E-state index in [-0.39, 0.29) is 17.4 Å². The molecule has 120 valence electrons. The largest absolute Gasteiger partial charge is 0.354 e. The van der Waals surface area contributed by atoms with Crippen LogP contribution in [0.2, 0.25) is 0 Å². The topological polar surface area (TPSA) is 95.2 Å². The van der Waals surface area contributed by atoms with Crippen LogP contribution in [-0.2, 0) is 9.59 Å². The molecule has 7 nitrogen and oxygen atoms in total. The molecule has 1 unspecified atom stereocenters. The molecule has 1 aromatic heterocycles. The van der Waals surface area contributed by atoms with Crippen molar-refractivity contribution in [2.75, 3.05) is 19.6 Å². The first-order valence-corrected chi connectivity index (χ1v) is 7.60. The Morgan fingerprint density at radius 1 is 1.22 bits per heavy atom. The number of nitrogens with one attached hydrogen (secondary N) is 2. The van der Waals surface area contributed by atoms with E-state index in [2.05, 4.69) is 15.5 Å². The second-order valence-electron chi connectivity index (χ2n) is 5.63. The van der Waals surface area contributed by atoms with E-state index in [1.807, 2.05) is 6.07 Å². The number of H-pyrrole nitrogens is 1. The van der Waals surface area contributed by atoms with Gasteiger partial charge in [0.25, 0.3) is 5.56 Å². The normalized spacial score (nSPS) is 16.7. The molecule has 0 saturated carbocycles. The Bertz CT molecular complexity index is 814. The Labute approximate surface area is 132 Å². The fourth-order valence-corrected chi connectivity index (χ4v) is 2.84. The van der Waals surface area contributed by atoms with Gasteiger partial charge in [0.15, 0.2) is 0 Å². The van der Waals surface area contributed by atoms with Crippen molar-refractivity contribution < 1.29 is 9.59 Å². The maximum absolute atomic E-state index is 12.7. The van der Waals surface area contributed by atoms with Crippen molar-refractivity contribution in [3.63, 3.8) is 0 Å². The third-order valence-corrected chi connectivity index (χ3v) is 4.13. The van der Waals surface area contributed by atoms with Gasteiger partial charge in [0.2, 0.25) is 11.8 Å². The predicted molar refractivity (Wildman–Crippen MR) is 85.0 cm³/mol. The minimum atomic E-state index is -0.495. The van der Waals surface area contributed by atoms with Gasteiger partial charge in [-0.25, -0.2) is 5.10 Å². The van der Waals surface area contributed by atoms with Crippen LogP contribution in [0.5, 0.6) is 0 Å². The summed E-state index contributed by atoms with van der Waals surface area (Å²) in [5, 5.41) is 10.5. The van der Waals surface area contributed by atoms with Crippen LogP contribution in [-0.4, -0.2) is 46.5 Å². The molecule has 7 heteroatoms. The quantitative estimate of drug-likeness (QED) is 0.837. The molecule has 2 amide bonds. The molecule has 0 aliphatic carbocycles. The molecule has 3 rings (SSSR count). The molecular weight excluding hydrogens is 296 g/mol. The molecule has 1 aliphatic heterocycles. The third kappa shape index (κ3) is 2.94. The molecule has 1 atom stereocenters. The zero-order valence-corrected chi connectivity index (χ0v) is 12.8. The number of amides is 2. The monoisotopic (exact) mass is 314 g/mol. The number of hydrogen-bond donors (Lipinski definition) is 2. The van der Waals surface area contributed by atoms with Crippen molar-refractivity contribution in [1.82, 2.24) is 20.4 Å². The van der Waals surface area contributed by atoms with E-state index in [1.54, 1.807) is 30.0 Å². The highest BCUT2D eigenvalue weighted by molar-refractivity contribution is 5.91. The van der Waals surface area contributed by atoms with E-state index in [1.165, 1.54) is 0 Å². The first-order chi connectivity index (χ1) is 11.1. The smallest absolute Gasteiger partial charge is 0.272 e. The molecule has 1 aliphatic rings. The van der Waals surface area contributed by atoms with E-state index in [0.717, 1.165) is 0 Å². The number of fused-ring (bicyclic) bond motifs is 1. The van der Waals surface area contributed by atoms with Crippen LogP contribution in [0.1, 0.15) is 25.0 Å². The molecule has 0 spiro atoms. The van der Waals surface area contributed by atoms with E-state index in [0.29, 0.717) is 42.5 Å². The third-order valence-electron chi connectivity index (χ3n) is 4.13. The highest BCUT2D eigenvalue weighted by Gasteiger charge is 2.26. The lowest BCUT2D eigenvalue weighted by Gasteiger charge is -2.23. The number of carbonyl (C=O) groups excluding carboxylic acids is 2. The van der Waals surface area contributed by atoms with Gasteiger partial charge in [-0.2, -0.15) is 5.10 Å². The number of aromatic amines is 1. The molecule has 0 radical (unpaired) electrons. The van der Waals surface area contributed by atoms with Crippen molar-refractivity contribution in [2.24, 2.45) is 0 Å². The Morgan fingerprint density at radius 3 is 2.74 bits per heavy atom. The molecule has 1 fully saturated rings. The van der Waals surface area contributed by atoms with Crippen LogP contribution < -0.4 is 10.9 Å². The summed E-state index contributed by atoms with van der Waals surface area (Å²) in [6.07, 6.45) is 0.304. The van der Waals surface area contributed by atoms with Gasteiger partial charge >= 0.3 is 0 Å². The number of nitrogens with zero attached hydrogens (tertiary/aromatic N) is 2. The number of carbonyl (C=O) groups is 2. The van der Waals surface area contributed by atoms with Gasteiger partial charge in [-0.15, -0.1) is 0 Å². The zero-order chi connectivity index (χ0) is 16.4. The van der Waals surface area contributed by atoms with Gasteiger partial charge in [-0.05, 0) is 13.0 Å². The highest BCUT2D eigenvalue weighted by atomic mass is 16.2. The summed E-state index contributed by atoms with van der Waals surface area (Å²) >= 11 is 0. The van der Waals surface area contributed by atoms with Crippen LogP contribution in [0, 0.1) is 0 Å². The van der Waals surface area contributed by atoms with Crippen molar-refractivity contribution in [3.8, 4) is 0 Å². The molecule has 1 aromatic carbocycles. The summed E-state index contributed by atoms with van der Waals surface area (Å²) < 4.78 is 0. The Hall–Kier alpha value is -2.70. The van der Waals surface area contributed by atoms with E-state index >= 15 is 0 Å². The van der Waals surface area contributed by atoms with E-state index in [4.69, 9.17) is 0 Å². The van der Waals surface area contributed by atoms with Gasteiger partial charge in [-0.3, -0.25) is 14.4 Å². The fourth-order valence-electron chi connectivity index (χ4n) is 2.84. The summed E-state index contributed by atoms with van der Waals surface area (Å²) in [6, 6.07) is 7.11. The lowest BCUT2D eigenvalue weighted by Crippen LogP contribution is -2.37. The predicted octanol–water partition coefficient (Wildman–Crippen LogP) is 0.375. The summed E-state index contributed by atoms with van der Waals surface area (Å²) in [7, 11) is 0. The van der Waals surface area contributed by atoms with Gasteiger partial charge in [0.1, 0.15) is 0 Å². The number of rotatable bonds is 2. The second-order valence-corrected chi connectivity index (χ2v) is 5.63. The van der Waals surface area contributed by atoms with E-state index in [9.17, 15) is 14.4 Å². The first kappa shape index (κ1) is 15.2. The summed E-state index contributed by atoms with van der Waals surface area (Å²) in [5.41, 5.74) is 0.280. The minimum Gasteiger partial charge on any atom is -0.354 e. The number of benzene rings is 1. The first-order valence-electron chi connectivity index (χ1n) is 7.60. The van der Waals surface area contributed by atoms with Crippen molar-refractivity contribution in [1.29, 1.82) is 0 Å². The van der Waals surface area contributed by atoms with Crippen LogP contribution in [0.4, 0.5) is 0 Å². The Morgan fingerprint density at radius 2 is 1.96 bits per heavy atom. The Kier molecular flexibility index (Phi) is 4.10. The fraction of sp³-hybridized carbons (Fsp3) is 0.375. The van der Waals surface area contributed by atoms with Gasteiger partial charge in [0, 0.05) is 31.4 Å². The average Bonchev–Trinajstić information content (AvgIpc) is 2.79. The lowest BCUT2D eigenvalue weighted by molar-refractivity contribution is -0.132. The second kappa shape index (κ2) is 6.20. The van der Waals surface area contributed by atoms with E-state index < -0.39 is 5.92 Å². The Balaban J connectivity index is 1.92.